The molecule has 5 aliphatic carbocycles. The number of halogens is 1. The van der Waals surface area contributed by atoms with Crippen LogP contribution in [0.25, 0.3) is 0 Å². The molecular weight excluding hydrogens is 658 g/mol. The van der Waals surface area contributed by atoms with Crippen LogP contribution in [0, 0.1) is 56.2 Å². The number of hydrogen-bond acceptors (Lipinski definition) is 5. The Bertz CT molecular complexity index is 1530. The van der Waals surface area contributed by atoms with Gasteiger partial charge in [-0.1, -0.05) is 83.3 Å². The van der Waals surface area contributed by atoms with Crippen LogP contribution in [0.4, 0.5) is 0 Å². The lowest BCUT2D eigenvalue weighted by atomic mass is 9.33. The number of aliphatic hydroxyl groups is 1. The van der Waals surface area contributed by atoms with E-state index < -0.39 is 23.5 Å². The van der Waals surface area contributed by atoms with Crippen molar-refractivity contribution in [3.8, 4) is 0 Å². The SMILES string of the molecule is CC(C)C1=C2[C@H]3CC[C@@H]4[C@@]5(C)CC[C@H](OC(=O)CC(C)(C)C(=O)O)C(C)(C)[C@@H]5CC[C@@]4(C)[C@]3(C)CCC2(C(O)CNCc2ccc(Cl)cc2)CC1. The molecule has 0 amide bonds. The van der Waals surface area contributed by atoms with Crippen LogP contribution in [-0.2, 0) is 20.9 Å². The number of aliphatic carboxylic acids is 1. The number of carboxylic acid groups (broad SMARTS) is 1. The highest BCUT2D eigenvalue weighted by molar-refractivity contribution is 6.30. The normalized spacial score (nSPS) is 38.0. The number of esters is 1. The van der Waals surface area contributed by atoms with Crippen molar-refractivity contribution in [3.05, 3.63) is 46.0 Å². The van der Waals surface area contributed by atoms with Crippen LogP contribution in [0.5, 0.6) is 0 Å². The molecule has 0 heterocycles. The van der Waals surface area contributed by atoms with Crippen molar-refractivity contribution in [2.75, 3.05) is 6.54 Å². The van der Waals surface area contributed by atoms with Crippen molar-refractivity contribution in [1.29, 1.82) is 0 Å². The molecule has 5 aliphatic rings. The van der Waals surface area contributed by atoms with E-state index in [0.29, 0.717) is 30.2 Å². The molecule has 1 aromatic rings. The average Bonchev–Trinajstić information content (AvgIpc) is 3.45. The minimum atomic E-state index is -1.14. The summed E-state index contributed by atoms with van der Waals surface area (Å²) in [7, 11) is 0. The third kappa shape index (κ3) is 6.23. The van der Waals surface area contributed by atoms with Gasteiger partial charge in [0.2, 0.25) is 0 Å². The van der Waals surface area contributed by atoms with Gasteiger partial charge in [0.25, 0.3) is 0 Å². The van der Waals surface area contributed by atoms with E-state index in [4.69, 9.17) is 16.3 Å². The molecule has 0 radical (unpaired) electrons. The Morgan fingerprint density at radius 3 is 2.25 bits per heavy atom. The van der Waals surface area contributed by atoms with Gasteiger partial charge in [-0.15, -0.1) is 0 Å². The minimum Gasteiger partial charge on any atom is -0.481 e. The highest BCUT2D eigenvalue weighted by atomic mass is 35.5. The number of aliphatic hydroxyl groups excluding tert-OH is 1. The van der Waals surface area contributed by atoms with Gasteiger partial charge in [-0.3, -0.25) is 9.59 Å². The van der Waals surface area contributed by atoms with Crippen LogP contribution in [0.3, 0.4) is 0 Å². The molecule has 3 N–H and O–H groups in total. The summed E-state index contributed by atoms with van der Waals surface area (Å²) in [4.78, 5) is 24.8. The monoisotopic (exact) mass is 723 g/mol. The lowest BCUT2D eigenvalue weighted by molar-refractivity contribution is -0.235. The molecule has 6 nitrogen and oxygen atoms in total. The van der Waals surface area contributed by atoms with E-state index in [-0.39, 0.29) is 39.6 Å². The first-order valence-electron chi connectivity index (χ1n) is 20.0. The summed E-state index contributed by atoms with van der Waals surface area (Å²) < 4.78 is 6.18. The molecule has 0 aliphatic heterocycles. The zero-order valence-corrected chi connectivity index (χ0v) is 33.7. The number of rotatable bonds is 10. The summed E-state index contributed by atoms with van der Waals surface area (Å²) in [6.07, 6.45) is 10.2. The molecule has 284 valence electrons. The van der Waals surface area contributed by atoms with Crippen molar-refractivity contribution in [3.63, 3.8) is 0 Å². The topological polar surface area (TPSA) is 95.9 Å². The summed E-state index contributed by atoms with van der Waals surface area (Å²) in [6, 6.07) is 7.98. The van der Waals surface area contributed by atoms with Gasteiger partial charge in [0.15, 0.2) is 0 Å². The van der Waals surface area contributed by atoms with Crippen molar-refractivity contribution in [1.82, 2.24) is 5.32 Å². The zero-order valence-electron chi connectivity index (χ0n) is 33.0. The molecule has 6 rings (SSSR count). The van der Waals surface area contributed by atoms with Gasteiger partial charge in [0, 0.05) is 28.9 Å². The second kappa shape index (κ2) is 13.4. The number of nitrogens with one attached hydrogen (secondary N) is 1. The highest BCUT2D eigenvalue weighted by Crippen LogP contribution is 2.77. The number of benzene rings is 1. The molecule has 0 bridgehead atoms. The molecule has 4 fully saturated rings. The molecule has 51 heavy (non-hydrogen) atoms. The first kappa shape index (κ1) is 38.8. The maximum atomic E-state index is 13.1. The van der Waals surface area contributed by atoms with E-state index in [1.54, 1.807) is 25.0 Å². The van der Waals surface area contributed by atoms with Crippen LogP contribution in [0.15, 0.2) is 35.4 Å². The third-order valence-electron chi connectivity index (χ3n) is 16.3. The predicted molar refractivity (Wildman–Crippen MR) is 204 cm³/mol. The second-order valence-corrected chi connectivity index (χ2v) is 20.3. The molecule has 4 saturated carbocycles. The van der Waals surface area contributed by atoms with E-state index in [1.807, 2.05) is 12.1 Å². The number of carbonyl (C=O) groups excluding carboxylic acids is 1. The predicted octanol–water partition coefficient (Wildman–Crippen LogP) is 10.0. The Balaban J connectivity index is 1.23. The Hall–Kier alpha value is -1.89. The van der Waals surface area contributed by atoms with Crippen LogP contribution in [0.2, 0.25) is 5.02 Å². The van der Waals surface area contributed by atoms with E-state index >= 15 is 0 Å². The van der Waals surface area contributed by atoms with Crippen molar-refractivity contribution < 1.29 is 24.5 Å². The van der Waals surface area contributed by atoms with Gasteiger partial charge in [0.05, 0.1) is 17.9 Å². The number of carbonyl (C=O) groups is 2. The van der Waals surface area contributed by atoms with Gasteiger partial charge in [-0.05, 0) is 136 Å². The smallest absolute Gasteiger partial charge is 0.309 e. The fourth-order valence-electron chi connectivity index (χ4n) is 13.2. The lowest BCUT2D eigenvalue weighted by Gasteiger charge is -2.72. The van der Waals surface area contributed by atoms with Gasteiger partial charge < -0.3 is 20.3 Å². The van der Waals surface area contributed by atoms with Crippen molar-refractivity contribution >= 4 is 23.5 Å². The van der Waals surface area contributed by atoms with Gasteiger partial charge >= 0.3 is 11.9 Å². The fourth-order valence-corrected chi connectivity index (χ4v) is 13.3. The summed E-state index contributed by atoms with van der Waals surface area (Å²) in [5.74, 6) is 0.611. The summed E-state index contributed by atoms with van der Waals surface area (Å²) in [5, 5.41) is 26.1. The third-order valence-corrected chi connectivity index (χ3v) is 16.6. The number of carboxylic acids is 1. The van der Waals surface area contributed by atoms with Gasteiger partial charge in [0.1, 0.15) is 6.10 Å². The van der Waals surface area contributed by atoms with E-state index in [2.05, 4.69) is 65.9 Å². The van der Waals surface area contributed by atoms with Crippen molar-refractivity contribution in [2.45, 2.75) is 152 Å². The van der Waals surface area contributed by atoms with E-state index in [9.17, 15) is 19.8 Å². The standard InChI is InChI=1S/C44H66ClNO5/c1-27(2)30-16-21-44(34(47)26-46-25-28-10-12-29(45)13-11-28)23-22-42(8)31(37(30)44)14-15-33-41(7)19-18-35(51-36(48)24-39(3,4)38(49)50)40(5,6)32(41)17-20-43(33,42)9/h10-13,27,31-35,46-47H,14-26H2,1-9H3,(H,49,50)/t31-,32+,33-,34?,35+,41+,42-,43-,44?/m1/s1. The molecule has 0 spiro atoms. The molecular formula is C44H66ClNO5. The van der Waals surface area contributed by atoms with Crippen LogP contribution in [-0.4, -0.2) is 40.9 Å². The number of hydrogen-bond donors (Lipinski definition) is 3. The van der Waals surface area contributed by atoms with E-state index in [1.165, 1.54) is 24.8 Å². The second-order valence-electron chi connectivity index (χ2n) is 19.8. The number of fused-ring (bicyclic) bond motifs is 7. The maximum absolute atomic E-state index is 13.1. The van der Waals surface area contributed by atoms with Crippen LogP contribution < -0.4 is 5.32 Å². The lowest BCUT2D eigenvalue weighted by Crippen LogP contribution is -2.66. The summed E-state index contributed by atoms with van der Waals surface area (Å²) >= 11 is 6.12. The minimum absolute atomic E-state index is 0.111. The molecule has 2 unspecified atom stereocenters. The molecule has 1 aromatic carbocycles. The maximum Gasteiger partial charge on any atom is 0.309 e. The fraction of sp³-hybridized carbons (Fsp3) is 0.773. The highest BCUT2D eigenvalue weighted by Gasteiger charge is 2.70. The van der Waals surface area contributed by atoms with Crippen LogP contribution in [0.1, 0.15) is 139 Å². The average molecular weight is 724 g/mol. The molecule has 9 atom stereocenters. The Morgan fingerprint density at radius 1 is 0.922 bits per heavy atom. The largest absolute Gasteiger partial charge is 0.481 e. The number of ether oxygens (including phenoxy) is 1. The molecule has 0 saturated heterocycles. The summed E-state index contributed by atoms with van der Waals surface area (Å²) in [5.41, 5.74) is 3.42. The Labute approximate surface area is 312 Å². The van der Waals surface area contributed by atoms with E-state index in [0.717, 1.165) is 56.5 Å². The quantitative estimate of drug-likeness (QED) is 0.164. The van der Waals surface area contributed by atoms with Crippen molar-refractivity contribution in [2.24, 2.45) is 56.2 Å². The zero-order chi connectivity index (χ0) is 37.4. The first-order valence-corrected chi connectivity index (χ1v) is 20.4. The Kier molecular flexibility index (Phi) is 10.2. The first-order chi connectivity index (χ1) is 23.7. The van der Waals surface area contributed by atoms with Gasteiger partial charge in [-0.25, -0.2) is 0 Å². The molecule has 7 heteroatoms. The van der Waals surface area contributed by atoms with Crippen LogP contribution >= 0.6 is 11.6 Å². The Morgan fingerprint density at radius 2 is 1.61 bits per heavy atom. The summed E-state index contributed by atoms with van der Waals surface area (Å²) in [6.45, 7) is 21.7. The number of allylic oxidation sites excluding steroid dienone is 1. The van der Waals surface area contributed by atoms with Gasteiger partial charge in [-0.2, -0.15) is 0 Å². The molecule has 0 aromatic heterocycles.